The molecule has 0 atom stereocenters. The van der Waals surface area contributed by atoms with E-state index in [1.807, 2.05) is 36.4 Å². The summed E-state index contributed by atoms with van der Waals surface area (Å²) in [5.74, 6) is 0.393. The summed E-state index contributed by atoms with van der Waals surface area (Å²) < 4.78 is 7.04. The number of ether oxygens (including phenoxy) is 1. The molecule has 0 radical (unpaired) electrons. The molecule has 1 aliphatic heterocycles. The van der Waals surface area contributed by atoms with Crippen LogP contribution in [0.1, 0.15) is 36.7 Å². The number of Topliss-reactive ketones (excluding diaryl/α,β-unsaturated/α-hetero) is 1. The number of para-hydroxylation sites is 1. The van der Waals surface area contributed by atoms with Crippen molar-refractivity contribution in [2.45, 2.75) is 20.8 Å². The lowest BCUT2D eigenvalue weighted by Crippen LogP contribution is -2.21. The van der Waals surface area contributed by atoms with E-state index in [9.17, 15) is 15.0 Å². The predicted molar refractivity (Wildman–Crippen MR) is 129 cm³/mol. The van der Waals surface area contributed by atoms with Crippen LogP contribution in [-0.4, -0.2) is 45.0 Å². The van der Waals surface area contributed by atoms with Crippen LogP contribution < -0.4 is 4.74 Å². The van der Waals surface area contributed by atoms with Gasteiger partial charge in [0.1, 0.15) is 5.75 Å². The Morgan fingerprint density at radius 3 is 2.38 bits per heavy atom. The van der Waals surface area contributed by atoms with Crippen molar-refractivity contribution >= 4 is 22.6 Å². The van der Waals surface area contributed by atoms with Crippen LogP contribution in [0.2, 0.25) is 0 Å². The third kappa shape index (κ3) is 3.77. The van der Waals surface area contributed by atoms with Crippen LogP contribution in [0.15, 0.2) is 53.5 Å². The minimum Gasteiger partial charge on any atom is -0.503 e. The molecule has 0 unspecified atom stereocenters. The molecular formula is C25H26N2O4S. The van der Waals surface area contributed by atoms with E-state index in [-0.39, 0.29) is 17.2 Å². The third-order valence-electron chi connectivity index (χ3n) is 5.35. The molecule has 0 amide bonds. The molecule has 1 aliphatic rings. The number of aromatic nitrogens is 1. The third-order valence-corrected chi connectivity index (χ3v) is 6.37. The highest BCUT2D eigenvalue weighted by Crippen LogP contribution is 2.47. The number of carbonyl (C=O) groups is 1. The maximum Gasteiger partial charge on any atom is 0.240 e. The zero-order chi connectivity index (χ0) is 23.0. The second kappa shape index (κ2) is 8.39. The van der Waals surface area contributed by atoms with E-state index in [4.69, 9.17) is 4.74 Å². The van der Waals surface area contributed by atoms with Gasteiger partial charge in [0.05, 0.1) is 23.4 Å². The van der Waals surface area contributed by atoms with Gasteiger partial charge in [0.2, 0.25) is 5.88 Å². The number of nitrogens with zero attached hydrogens (tertiary/aromatic N) is 2. The first-order chi connectivity index (χ1) is 15.2. The number of aliphatic imine (C=N–C) groups is 1. The lowest BCUT2D eigenvalue weighted by Gasteiger charge is -2.19. The predicted octanol–water partition coefficient (Wildman–Crippen LogP) is 5.29. The molecule has 0 aliphatic carbocycles. The smallest absolute Gasteiger partial charge is 0.240 e. The highest BCUT2D eigenvalue weighted by molar-refractivity contribution is 8.14. The van der Waals surface area contributed by atoms with E-state index in [0.29, 0.717) is 22.7 Å². The molecule has 3 aromatic rings. The van der Waals surface area contributed by atoms with Gasteiger partial charge in [0.15, 0.2) is 11.5 Å². The largest absolute Gasteiger partial charge is 0.503 e. The van der Waals surface area contributed by atoms with Crippen molar-refractivity contribution in [2.75, 3.05) is 19.4 Å². The molecule has 0 saturated heterocycles. The summed E-state index contributed by atoms with van der Waals surface area (Å²) in [6.07, 6.45) is 0. The van der Waals surface area contributed by atoms with E-state index >= 15 is 0 Å². The minimum absolute atomic E-state index is 0.0688. The Labute approximate surface area is 191 Å². The minimum atomic E-state index is -0.769. The highest BCUT2D eigenvalue weighted by atomic mass is 32.2. The van der Waals surface area contributed by atoms with Crippen LogP contribution in [0.25, 0.3) is 16.9 Å². The highest BCUT2D eigenvalue weighted by Gasteiger charge is 2.35. The molecule has 6 nitrogen and oxygen atoms in total. The average Bonchev–Trinajstić information content (AvgIpc) is 3.40. The van der Waals surface area contributed by atoms with Crippen molar-refractivity contribution in [3.63, 3.8) is 0 Å². The molecular weight excluding hydrogens is 424 g/mol. The second-order valence-electron chi connectivity index (χ2n) is 8.59. The van der Waals surface area contributed by atoms with Gasteiger partial charge < -0.3 is 14.9 Å². The number of hydrogen-bond acceptors (Lipinski definition) is 6. The van der Waals surface area contributed by atoms with Gasteiger partial charge in [-0.05, 0) is 24.3 Å². The molecule has 0 spiro atoms. The normalized spacial score (nSPS) is 13.8. The van der Waals surface area contributed by atoms with Gasteiger partial charge in [-0.1, -0.05) is 45.0 Å². The van der Waals surface area contributed by atoms with Crippen molar-refractivity contribution in [3.05, 3.63) is 59.7 Å². The maximum atomic E-state index is 13.4. The van der Waals surface area contributed by atoms with Gasteiger partial charge in [-0.2, -0.15) is 0 Å². The number of hydrogen-bond donors (Lipinski definition) is 2. The first kappa shape index (κ1) is 22.0. The van der Waals surface area contributed by atoms with E-state index in [0.717, 1.165) is 22.9 Å². The van der Waals surface area contributed by atoms with Crippen molar-refractivity contribution in [2.24, 2.45) is 10.4 Å². The monoisotopic (exact) mass is 450 g/mol. The quantitative estimate of drug-likeness (QED) is 0.516. The summed E-state index contributed by atoms with van der Waals surface area (Å²) in [5.41, 5.74) is 1.89. The molecule has 0 fully saturated rings. The SMILES string of the molecule is COc1ccccc1-c1c(C(=O)C(C)(C)C)c(O)c(O)n1-c1ccc(C2=NCCS2)cc1. The zero-order valence-corrected chi connectivity index (χ0v) is 19.4. The lowest BCUT2D eigenvalue weighted by molar-refractivity contribution is 0.0856. The molecule has 4 rings (SSSR count). The first-order valence-corrected chi connectivity index (χ1v) is 11.4. The van der Waals surface area contributed by atoms with Crippen LogP contribution >= 0.6 is 11.8 Å². The summed E-state index contributed by atoms with van der Waals surface area (Å²) in [6, 6.07) is 14.8. The zero-order valence-electron chi connectivity index (χ0n) is 18.5. The number of benzene rings is 2. The molecule has 1 aromatic heterocycles. The van der Waals surface area contributed by atoms with Crippen molar-refractivity contribution in [3.8, 4) is 34.3 Å². The van der Waals surface area contributed by atoms with Gasteiger partial charge in [-0.15, -0.1) is 11.8 Å². The molecule has 2 N–H and O–H groups in total. The number of aromatic hydroxyl groups is 2. The first-order valence-electron chi connectivity index (χ1n) is 10.4. The molecule has 2 aromatic carbocycles. The summed E-state index contributed by atoms with van der Waals surface area (Å²) in [6.45, 7) is 6.15. The Bertz CT molecular complexity index is 1200. The van der Waals surface area contributed by atoms with Gasteiger partial charge in [-0.3, -0.25) is 14.4 Å². The topological polar surface area (TPSA) is 84.0 Å². The summed E-state index contributed by atoms with van der Waals surface area (Å²) in [7, 11) is 1.55. The van der Waals surface area contributed by atoms with Crippen LogP contribution in [0, 0.1) is 5.41 Å². The molecule has 166 valence electrons. The number of ketones is 1. The Balaban J connectivity index is 1.97. The molecule has 2 heterocycles. The van der Waals surface area contributed by atoms with Crippen LogP contribution in [0.4, 0.5) is 0 Å². The van der Waals surface area contributed by atoms with E-state index in [2.05, 4.69) is 4.99 Å². The van der Waals surface area contributed by atoms with Gasteiger partial charge in [0, 0.05) is 34.5 Å². The van der Waals surface area contributed by atoms with Gasteiger partial charge in [0.25, 0.3) is 0 Å². The number of thioether (sulfide) groups is 1. The van der Waals surface area contributed by atoms with Crippen molar-refractivity contribution < 1.29 is 19.7 Å². The molecule has 0 saturated carbocycles. The van der Waals surface area contributed by atoms with Crippen molar-refractivity contribution in [1.29, 1.82) is 0 Å². The fourth-order valence-electron chi connectivity index (χ4n) is 3.75. The number of carbonyl (C=O) groups excluding carboxylic acids is 1. The van der Waals surface area contributed by atoms with E-state index in [1.54, 1.807) is 51.8 Å². The standard InChI is InChI=1S/C25H26N2O4S/c1-25(2,3)22(29)19-20(17-7-5-6-8-18(17)31-4)27(24(30)21(19)28)16-11-9-15(10-12-16)23-26-13-14-32-23/h5-12,28,30H,13-14H2,1-4H3. The number of methoxy groups -OCH3 is 1. The van der Waals surface area contributed by atoms with Crippen molar-refractivity contribution in [1.82, 2.24) is 4.57 Å². The molecule has 0 bridgehead atoms. The Morgan fingerprint density at radius 1 is 1.09 bits per heavy atom. The van der Waals surface area contributed by atoms with Gasteiger partial charge in [-0.25, -0.2) is 0 Å². The Kier molecular flexibility index (Phi) is 5.77. The Hall–Kier alpha value is -3.19. The van der Waals surface area contributed by atoms with E-state index in [1.165, 1.54) is 4.57 Å². The van der Waals surface area contributed by atoms with Crippen LogP contribution in [0.3, 0.4) is 0 Å². The second-order valence-corrected chi connectivity index (χ2v) is 9.68. The summed E-state index contributed by atoms with van der Waals surface area (Å²) in [4.78, 5) is 17.9. The lowest BCUT2D eigenvalue weighted by atomic mass is 9.85. The fourth-order valence-corrected chi connectivity index (χ4v) is 4.61. The van der Waals surface area contributed by atoms with E-state index < -0.39 is 11.2 Å². The number of rotatable bonds is 5. The fraction of sp³-hybridized carbons (Fsp3) is 0.280. The Morgan fingerprint density at radius 2 is 1.78 bits per heavy atom. The van der Waals surface area contributed by atoms with Gasteiger partial charge >= 0.3 is 0 Å². The molecule has 7 heteroatoms. The summed E-state index contributed by atoms with van der Waals surface area (Å²) in [5, 5.41) is 22.8. The molecule has 32 heavy (non-hydrogen) atoms. The summed E-state index contributed by atoms with van der Waals surface area (Å²) >= 11 is 1.71. The van der Waals surface area contributed by atoms with Crippen LogP contribution in [0.5, 0.6) is 17.4 Å². The maximum absolute atomic E-state index is 13.4. The van der Waals surface area contributed by atoms with Crippen LogP contribution in [-0.2, 0) is 0 Å². The average molecular weight is 451 g/mol.